The van der Waals surface area contributed by atoms with Gasteiger partial charge >= 0.3 is 6.18 Å². The molecule has 9 heteroatoms. The van der Waals surface area contributed by atoms with E-state index in [0.29, 0.717) is 12.1 Å². The fourth-order valence-corrected chi connectivity index (χ4v) is 5.58. The minimum absolute atomic E-state index is 0.126. The van der Waals surface area contributed by atoms with Gasteiger partial charge in [0.1, 0.15) is 17.5 Å². The minimum Gasteiger partial charge on any atom is -0.367 e. The first kappa shape index (κ1) is 25.3. The third-order valence-electron chi connectivity index (χ3n) is 7.46. The third kappa shape index (κ3) is 5.06. The van der Waals surface area contributed by atoms with Crippen LogP contribution in [-0.4, -0.2) is 26.6 Å². The predicted molar refractivity (Wildman–Crippen MR) is 144 cm³/mol. The van der Waals surface area contributed by atoms with Crippen LogP contribution in [0.1, 0.15) is 36.0 Å². The zero-order valence-electron chi connectivity index (χ0n) is 21.3. The standard InChI is InChI=1S/C30H27F4N5/c1-18-13-28(38-26-11-8-20(31)14-24(18)26)37-22-10-9-21(15-22)36-16-19-17-39(27-7-3-2-5-23(19)27)29-25(30(32,33)34)6-4-12-35-29/h2-8,11-14,17,21-22,36H,9-10,15-16H2,1H3,(H,37,38). The van der Waals surface area contributed by atoms with E-state index in [9.17, 15) is 17.6 Å². The van der Waals surface area contributed by atoms with E-state index in [0.717, 1.165) is 58.6 Å². The first-order valence-corrected chi connectivity index (χ1v) is 12.9. The van der Waals surface area contributed by atoms with Gasteiger partial charge in [-0.15, -0.1) is 0 Å². The molecule has 0 saturated heterocycles. The second-order valence-corrected chi connectivity index (χ2v) is 10.1. The van der Waals surface area contributed by atoms with Gasteiger partial charge in [-0.2, -0.15) is 13.2 Å². The molecule has 3 aromatic heterocycles. The predicted octanol–water partition coefficient (Wildman–Crippen LogP) is 7.16. The van der Waals surface area contributed by atoms with Gasteiger partial charge in [-0.25, -0.2) is 14.4 Å². The summed E-state index contributed by atoms with van der Waals surface area (Å²) in [5.74, 6) is 0.372. The van der Waals surface area contributed by atoms with Gasteiger partial charge in [0.2, 0.25) is 0 Å². The molecule has 0 radical (unpaired) electrons. The van der Waals surface area contributed by atoms with Gasteiger partial charge in [-0.3, -0.25) is 0 Å². The Morgan fingerprint density at radius 3 is 2.64 bits per heavy atom. The summed E-state index contributed by atoms with van der Waals surface area (Å²) in [6.45, 7) is 2.48. The first-order valence-electron chi connectivity index (χ1n) is 12.9. The van der Waals surface area contributed by atoms with Crippen LogP contribution in [-0.2, 0) is 12.7 Å². The van der Waals surface area contributed by atoms with E-state index >= 15 is 0 Å². The molecule has 1 aliphatic rings. The lowest BCUT2D eigenvalue weighted by Crippen LogP contribution is -2.27. The fraction of sp³-hybridized carbons (Fsp3) is 0.267. The number of hydrogen-bond acceptors (Lipinski definition) is 4. The van der Waals surface area contributed by atoms with Crippen LogP contribution in [0.2, 0.25) is 0 Å². The van der Waals surface area contributed by atoms with Crippen molar-refractivity contribution in [1.29, 1.82) is 0 Å². The normalized spacial score (nSPS) is 17.8. The Bertz CT molecular complexity index is 1660. The van der Waals surface area contributed by atoms with E-state index < -0.39 is 11.7 Å². The molecule has 5 aromatic rings. The van der Waals surface area contributed by atoms with E-state index in [2.05, 4.69) is 20.6 Å². The van der Waals surface area contributed by atoms with Crippen LogP contribution < -0.4 is 10.6 Å². The fourth-order valence-electron chi connectivity index (χ4n) is 5.58. The number of aryl methyl sites for hydroxylation is 1. The van der Waals surface area contributed by atoms with Gasteiger partial charge in [0.05, 0.1) is 16.6 Å². The highest BCUT2D eigenvalue weighted by atomic mass is 19.4. The van der Waals surface area contributed by atoms with E-state index in [1.165, 1.54) is 29.0 Å². The second-order valence-electron chi connectivity index (χ2n) is 10.1. The number of nitrogens with zero attached hydrogens (tertiary/aromatic N) is 3. The SMILES string of the molecule is Cc1cc(NC2CCC(NCc3cn(-c4ncccc4C(F)(F)F)c4ccccc34)C2)nc2ccc(F)cc12. The number of halogens is 4. The smallest absolute Gasteiger partial charge is 0.367 e. The molecule has 1 saturated carbocycles. The van der Waals surface area contributed by atoms with Crippen LogP contribution in [0, 0.1) is 12.7 Å². The molecule has 0 amide bonds. The van der Waals surface area contributed by atoms with Crippen molar-refractivity contribution in [2.45, 2.75) is 51.0 Å². The number of para-hydroxylation sites is 1. The number of fused-ring (bicyclic) bond motifs is 2. The Morgan fingerprint density at radius 1 is 0.974 bits per heavy atom. The number of alkyl halides is 3. The molecule has 2 N–H and O–H groups in total. The minimum atomic E-state index is -4.51. The van der Waals surface area contributed by atoms with Crippen molar-refractivity contribution in [3.05, 3.63) is 95.6 Å². The average Bonchev–Trinajstić information content (AvgIpc) is 3.52. The topological polar surface area (TPSA) is 54.8 Å². The van der Waals surface area contributed by atoms with Gasteiger partial charge in [-0.05, 0) is 79.8 Å². The third-order valence-corrected chi connectivity index (χ3v) is 7.46. The number of aromatic nitrogens is 3. The molecule has 3 heterocycles. The highest BCUT2D eigenvalue weighted by molar-refractivity contribution is 5.86. The van der Waals surface area contributed by atoms with Crippen LogP contribution in [0.3, 0.4) is 0 Å². The van der Waals surface area contributed by atoms with Crippen LogP contribution in [0.4, 0.5) is 23.4 Å². The van der Waals surface area contributed by atoms with E-state index in [1.54, 1.807) is 12.3 Å². The molecule has 0 bridgehead atoms. The Kier molecular flexibility index (Phi) is 6.46. The molecular formula is C30H27F4N5. The van der Waals surface area contributed by atoms with Gasteiger partial charge in [-0.1, -0.05) is 18.2 Å². The molecule has 0 spiro atoms. The summed E-state index contributed by atoms with van der Waals surface area (Å²) >= 11 is 0. The first-order chi connectivity index (χ1) is 18.8. The quantitative estimate of drug-likeness (QED) is 0.227. The van der Waals surface area contributed by atoms with Gasteiger partial charge in [0.15, 0.2) is 0 Å². The maximum absolute atomic E-state index is 13.7. The van der Waals surface area contributed by atoms with E-state index in [1.807, 2.05) is 37.3 Å². The summed E-state index contributed by atoms with van der Waals surface area (Å²) in [6, 6.07) is 16.9. The number of anilines is 1. The van der Waals surface area contributed by atoms with Gasteiger partial charge in [0.25, 0.3) is 0 Å². The number of benzene rings is 2. The maximum atomic E-state index is 13.7. The summed E-state index contributed by atoms with van der Waals surface area (Å²) in [5.41, 5.74) is 2.55. The molecule has 2 unspecified atom stereocenters. The van der Waals surface area contributed by atoms with Gasteiger partial charge in [0, 0.05) is 41.8 Å². The molecule has 1 fully saturated rings. The van der Waals surface area contributed by atoms with Crippen LogP contribution in [0.15, 0.2) is 73.1 Å². The maximum Gasteiger partial charge on any atom is 0.419 e. The number of pyridine rings is 2. The number of nitrogens with one attached hydrogen (secondary N) is 2. The van der Waals surface area contributed by atoms with Crippen molar-refractivity contribution < 1.29 is 17.6 Å². The highest BCUT2D eigenvalue weighted by Gasteiger charge is 2.35. The van der Waals surface area contributed by atoms with Crippen LogP contribution in [0.5, 0.6) is 0 Å². The van der Waals surface area contributed by atoms with Crippen molar-refractivity contribution in [1.82, 2.24) is 19.9 Å². The van der Waals surface area contributed by atoms with Gasteiger partial charge < -0.3 is 15.2 Å². The summed E-state index contributed by atoms with van der Waals surface area (Å²) in [7, 11) is 0. The Labute approximate surface area is 222 Å². The summed E-state index contributed by atoms with van der Waals surface area (Å²) in [6.07, 6.45) is 1.45. The largest absolute Gasteiger partial charge is 0.419 e. The molecule has 1 aliphatic carbocycles. The zero-order chi connectivity index (χ0) is 27.1. The molecule has 0 aliphatic heterocycles. The van der Waals surface area contributed by atoms with E-state index in [-0.39, 0.29) is 23.7 Å². The molecule has 5 nitrogen and oxygen atoms in total. The van der Waals surface area contributed by atoms with Crippen molar-refractivity contribution in [2.75, 3.05) is 5.32 Å². The number of rotatable bonds is 6. The number of hydrogen-bond donors (Lipinski definition) is 2. The molecule has 2 aromatic carbocycles. The average molecular weight is 534 g/mol. The molecule has 39 heavy (non-hydrogen) atoms. The second kappa shape index (κ2) is 9.96. The highest BCUT2D eigenvalue weighted by Crippen LogP contribution is 2.35. The Morgan fingerprint density at radius 2 is 1.79 bits per heavy atom. The van der Waals surface area contributed by atoms with Crippen molar-refractivity contribution >= 4 is 27.6 Å². The Balaban J connectivity index is 1.17. The zero-order valence-corrected chi connectivity index (χ0v) is 21.3. The lowest BCUT2D eigenvalue weighted by atomic mass is 10.1. The van der Waals surface area contributed by atoms with Crippen molar-refractivity contribution in [3.8, 4) is 5.82 Å². The lowest BCUT2D eigenvalue weighted by molar-refractivity contribution is -0.137. The molecule has 200 valence electrons. The molecule has 2 atom stereocenters. The Hall–Kier alpha value is -3.98. The lowest BCUT2D eigenvalue weighted by Gasteiger charge is -2.16. The van der Waals surface area contributed by atoms with E-state index in [4.69, 9.17) is 0 Å². The monoisotopic (exact) mass is 533 g/mol. The van der Waals surface area contributed by atoms with Crippen molar-refractivity contribution in [2.24, 2.45) is 0 Å². The van der Waals surface area contributed by atoms with Crippen molar-refractivity contribution in [3.63, 3.8) is 0 Å². The molecule has 6 rings (SSSR count). The van der Waals surface area contributed by atoms with Crippen LogP contribution >= 0.6 is 0 Å². The molecular weight excluding hydrogens is 506 g/mol. The summed E-state index contributed by atoms with van der Waals surface area (Å²) in [4.78, 5) is 8.75. The summed E-state index contributed by atoms with van der Waals surface area (Å²) < 4.78 is 56.3. The summed E-state index contributed by atoms with van der Waals surface area (Å²) in [5, 5.41) is 8.83. The van der Waals surface area contributed by atoms with Crippen LogP contribution in [0.25, 0.3) is 27.6 Å².